The first-order valence-electron chi connectivity index (χ1n) is 3.29. The van der Waals surface area contributed by atoms with E-state index in [2.05, 4.69) is 5.10 Å². The van der Waals surface area contributed by atoms with Crippen molar-refractivity contribution in [2.45, 2.75) is 13.5 Å². The van der Waals surface area contributed by atoms with E-state index in [1.54, 1.807) is 10.8 Å². The third kappa shape index (κ3) is 1.98. The topological polar surface area (TPSA) is 43.8 Å². The summed E-state index contributed by atoms with van der Waals surface area (Å²) in [5.74, 6) is 0.577. The van der Waals surface area contributed by atoms with E-state index < -0.39 is 0 Å². The lowest BCUT2D eigenvalue weighted by molar-refractivity contribution is 0.705. The smallest absolute Gasteiger partial charge is 0.148 e. The molecule has 1 heterocycles. The highest BCUT2D eigenvalue weighted by molar-refractivity contribution is 6.25. The maximum atomic E-state index is 5.52. The molecule has 0 unspecified atom stereocenters. The van der Waals surface area contributed by atoms with Crippen LogP contribution in [0.4, 0.5) is 5.82 Å². The molecule has 1 aromatic rings. The molecule has 4 heteroatoms. The lowest BCUT2D eigenvalue weighted by Gasteiger charge is -1.91. The van der Waals surface area contributed by atoms with Crippen LogP contribution in [0, 0.1) is 6.92 Å². The van der Waals surface area contributed by atoms with Gasteiger partial charge in [-0.3, -0.25) is 4.68 Å². The molecule has 60 valence electrons. The molecule has 0 amide bonds. The summed E-state index contributed by atoms with van der Waals surface area (Å²) in [4.78, 5) is 0. The van der Waals surface area contributed by atoms with Gasteiger partial charge in [0.25, 0.3) is 0 Å². The van der Waals surface area contributed by atoms with Gasteiger partial charge in [-0.15, -0.1) is 0 Å². The van der Waals surface area contributed by atoms with Gasteiger partial charge < -0.3 is 5.73 Å². The number of allylic oxidation sites excluding steroid dienone is 1. The summed E-state index contributed by atoms with van der Waals surface area (Å²) in [6.07, 6.45) is 3.68. The fourth-order valence-electron chi connectivity index (χ4n) is 0.777. The summed E-state index contributed by atoms with van der Waals surface area (Å²) in [6, 6.07) is 0. The number of nitrogens with zero attached hydrogens (tertiary/aromatic N) is 2. The highest BCUT2D eigenvalue weighted by atomic mass is 35.5. The zero-order chi connectivity index (χ0) is 8.27. The maximum absolute atomic E-state index is 5.52. The number of aromatic nitrogens is 2. The normalized spacial score (nSPS) is 11.1. The van der Waals surface area contributed by atoms with Gasteiger partial charge in [0.2, 0.25) is 0 Å². The average Bonchev–Trinajstić information content (AvgIpc) is 2.28. The average molecular weight is 172 g/mol. The Bertz CT molecular complexity index is 245. The Labute approximate surface area is 70.5 Å². The first-order valence-corrected chi connectivity index (χ1v) is 3.72. The first-order chi connectivity index (χ1) is 5.24. The number of rotatable bonds is 2. The molecule has 0 radical (unpaired) electrons. The number of halogens is 1. The largest absolute Gasteiger partial charge is 0.382 e. The van der Waals surface area contributed by atoms with Crippen molar-refractivity contribution in [1.29, 1.82) is 0 Å². The lowest BCUT2D eigenvalue weighted by atomic mass is 10.4. The minimum absolute atomic E-state index is 0.577. The van der Waals surface area contributed by atoms with E-state index in [0.717, 1.165) is 5.56 Å². The number of aryl methyl sites for hydroxylation is 1. The molecule has 0 fully saturated rings. The van der Waals surface area contributed by atoms with E-state index in [1.807, 2.05) is 13.1 Å². The van der Waals surface area contributed by atoms with Gasteiger partial charge in [-0.05, 0) is 6.92 Å². The van der Waals surface area contributed by atoms with Crippen LogP contribution >= 0.6 is 11.6 Å². The Hall–Kier alpha value is -0.960. The molecular formula is C7H10ClN3. The predicted molar refractivity (Wildman–Crippen MR) is 46.4 cm³/mol. The molecule has 1 rings (SSSR count). The van der Waals surface area contributed by atoms with Crippen LogP contribution in [0.3, 0.4) is 0 Å². The number of hydrogen-bond donors (Lipinski definition) is 1. The van der Waals surface area contributed by atoms with Gasteiger partial charge in [0.05, 0.1) is 6.54 Å². The molecule has 0 bridgehead atoms. The molecule has 0 aromatic carbocycles. The zero-order valence-electron chi connectivity index (χ0n) is 6.29. The van der Waals surface area contributed by atoms with Gasteiger partial charge in [0, 0.05) is 17.3 Å². The van der Waals surface area contributed by atoms with Gasteiger partial charge >= 0.3 is 0 Å². The summed E-state index contributed by atoms with van der Waals surface area (Å²) in [5, 5.41) is 4.03. The van der Waals surface area contributed by atoms with E-state index in [-0.39, 0.29) is 0 Å². The van der Waals surface area contributed by atoms with Crippen LogP contribution in [0.25, 0.3) is 0 Å². The Morgan fingerprint density at radius 1 is 1.82 bits per heavy atom. The van der Waals surface area contributed by atoms with Gasteiger partial charge in [0.1, 0.15) is 5.82 Å². The van der Waals surface area contributed by atoms with Gasteiger partial charge in [-0.1, -0.05) is 17.7 Å². The van der Waals surface area contributed by atoms with Crippen LogP contribution in [0.1, 0.15) is 5.56 Å². The molecule has 0 aliphatic carbocycles. The van der Waals surface area contributed by atoms with Crippen molar-refractivity contribution in [1.82, 2.24) is 9.78 Å². The summed E-state index contributed by atoms with van der Waals surface area (Å²) in [6.45, 7) is 2.59. The van der Waals surface area contributed by atoms with Crippen LogP contribution in [0.2, 0.25) is 0 Å². The summed E-state index contributed by atoms with van der Waals surface area (Å²) in [5.41, 5.74) is 7.98. The zero-order valence-corrected chi connectivity index (χ0v) is 7.04. The molecule has 0 saturated heterocycles. The third-order valence-electron chi connectivity index (χ3n) is 1.36. The summed E-state index contributed by atoms with van der Waals surface area (Å²) in [7, 11) is 0. The van der Waals surface area contributed by atoms with Crippen molar-refractivity contribution in [3.8, 4) is 0 Å². The standard InChI is InChI=1S/C7H10ClN3/c1-6-5-11(4-2-3-8)10-7(6)9/h2-3,5H,4H2,1H3,(H2,9,10)/b3-2+. The fraction of sp³-hybridized carbons (Fsp3) is 0.286. The first kappa shape index (κ1) is 8.14. The number of nitrogens with two attached hydrogens (primary N) is 1. The van der Waals surface area contributed by atoms with Crippen molar-refractivity contribution >= 4 is 17.4 Å². The Balaban J connectivity index is 2.72. The maximum Gasteiger partial charge on any atom is 0.148 e. The molecule has 0 spiro atoms. The van der Waals surface area contributed by atoms with E-state index in [0.29, 0.717) is 12.4 Å². The van der Waals surface area contributed by atoms with Crippen molar-refractivity contribution in [2.24, 2.45) is 0 Å². The molecule has 1 aromatic heterocycles. The second-order valence-corrected chi connectivity index (χ2v) is 2.53. The predicted octanol–water partition coefficient (Wildman–Crippen LogP) is 1.53. The van der Waals surface area contributed by atoms with Gasteiger partial charge in [0.15, 0.2) is 0 Å². The molecule has 0 atom stereocenters. The van der Waals surface area contributed by atoms with Crippen LogP contribution < -0.4 is 5.73 Å². The van der Waals surface area contributed by atoms with Crippen molar-refractivity contribution in [2.75, 3.05) is 5.73 Å². The molecule has 0 saturated carbocycles. The number of anilines is 1. The van der Waals surface area contributed by atoms with Crippen LogP contribution in [-0.2, 0) is 6.54 Å². The number of hydrogen-bond acceptors (Lipinski definition) is 2. The highest BCUT2D eigenvalue weighted by Crippen LogP contribution is 2.05. The molecular weight excluding hydrogens is 162 g/mol. The molecule has 0 aliphatic rings. The fourth-order valence-corrected chi connectivity index (χ4v) is 0.857. The quantitative estimate of drug-likeness (QED) is 0.734. The summed E-state index contributed by atoms with van der Waals surface area (Å²) < 4.78 is 1.74. The van der Waals surface area contributed by atoms with Crippen LogP contribution in [-0.4, -0.2) is 9.78 Å². The highest BCUT2D eigenvalue weighted by Gasteiger charge is 1.97. The Morgan fingerprint density at radius 2 is 2.55 bits per heavy atom. The number of nitrogen functional groups attached to an aromatic ring is 1. The van der Waals surface area contributed by atoms with Crippen molar-refractivity contribution in [3.05, 3.63) is 23.4 Å². The Kier molecular flexibility index (Phi) is 2.54. The van der Waals surface area contributed by atoms with Gasteiger partial charge in [-0.2, -0.15) is 5.10 Å². The van der Waals surface area contributed by atoms with E-state index in [4.69, 9.17) is 17.3 Å². The van der Waals surface area contributed by atoms with E-state index in [9.17, 15) is 0 Å². The third-order valence-corrected chi connectivity index (χ3v) is 1.54. The van der Waals surface area contributed by atoms with Crippen molar-refractivity contribution < 1.29 is 0 Å². The van der Waals surface area contributed by atoms with Crippen molar-refractivity contribution in [3.63, 3.8) is 0 Å². The van der Waals surface area contributed by atoms with Gasteiger partial charge in [-0.25, -0.2) is 0 Å². The van der Waals surface area contributed by atoms with Crippen LogP contribution in [0.5, 0.6) is 0 Å². The summed E-state index contributed by atoms with van der Waals surface area (Å²) >= 11 is 5.35. The minimum atomic E-state index is 0.577. The molecule has 0 aliphatic heterocycles. The second-order valence-electron chi connectivity index (χ2n) is 2.28. The van der Waals surface area contributed by atoms with Crippen LogP contribution in [0.15, 0.2) is 17.8 Å². The van der Waals surface area contributed by atoms with E-state index in [1.165, 1.54) is 5.54 Å². The monoisotopic (exact) mass is 171 g/mol. The van der Waals surface area contributed by atoms with E-state index >= 15 is 0 Å². The molecule has 11 heavy (non-hydrogen) atoms. The Morgan fingerprint density at radius 3 is 3.00 bits per heavy atom. The molecule has 2 N–H and O–H groups in total. The minimum Gasteiger partial charge on any atom is -0.382 e. The lowest BCUT2D eigenvalue weighted by Crippen LogP contribution is -1.96. The molecule has 3 nitrogen and oxygen atoms in total. The second kappa shape index (κ2) is 3.44. The SMILES string of the molecule is Cc1cn(C/C=C/Cl)nc1N.